The molecule has 182 valence electrons. The van der Waals surface area contributed by atoms with Crippen molar-refractivity contribution in [3.8, 4) is 17.2 Å². The molecule has 0 fully saturated rings. The number of phenolic OH excluding ortho intramolecular Hbond substituents is 1. The summed E-state index contributed by atoms with van der Waals surface area (Å²) in [5, 5.41) is 19.9. The van der Waals surface area contributed by atoms with Crippen LogP contribution in [0.25, 0.3) is 0 Å². The zero-order valence-electron chi connectivity index (χ0n) is 18.9. The van der Waals surface area contributed by atoms with Crippen LogP contribution >= 0.6 is 12.4 Å². The van der Waals surface area contributed by atoms with Crippen LogP contribution in [0, 0.1) is 26.2 Å². The lowest BCUT2D eigenvalue weighted by molar-refractivity contribution is -0.139. The molecule has 3 rings (SSSR count). The molecule has 0 radical (unpaired) electrons. The van der Waals surface area contributed by atoms with E-state index in [1.165, 1.54) is 12.1 Å². The third kappa shape index (κ3) is 5.58. The molecule has 10 heteroatoms. The van der Waals surface area contributed by atoms with Crippen molar-refractivity contribution in [2.24, 2.45) is 5.73 Å². The first-order valence-corrected chi connectivity index (χ1v) is 10.3. The number of ether oxygens (including phenoxy) is 2. The number of rotatable bonds is 5. The number of anilines is 1. The topological polar surface area (TPSA) is 101 Å². The minimum absolute atomic E-state index is 0. The van der Waals surface area contributed by atoms with Crippen LogP contribution in [0.15, 0.2) is 18.2 Å². The average molecular weight is 488 g/mol. The molecule has 0 aliphatic carbocycles. The smallest absolute Gasteiger partial charge is 0.420 e. The van der Waals surface area contributed by atoms with Crippen LogP contribution in [-0.4, -0.2) is 23.3 Å². The van der Waals surface area contributed by atoms with Crippen molar-refractivity contribution in [1.82, 2.24) is 0 Å². The fraction of sp³-hybridized carbons (Fsp3) is 0.435. The Morgan fingerprint density at radius 2 is 1.91 bits per heavy atom. The number of nitrogens with one attached hydrogen (secondary N) is 2. The first kappa shape index (κ1) is 26.4. The molecule has 1 aliphatic rings. The van der Waals surface area contributed by atoms with Gasteiger partial charge in [0.05, 0.1) is 12.2 Å². The predicted molar refractivity (Wildman–Crippen MR) is 124 cm³/mol. The largest absolute Gasteiger partial charge is 0.507 e. The van der Waals surface area contributed by atoms with E-state index < -0.39 is 23.3 Å². The lowest BCUT2D eigenvalue weighted by atomic mass is 9.86. The molecule has 0 saturated heterocycles. The van der Waals surface area contributed by atoms with Gasteiger partial charge < -0.3 is 25.6 Å². The molecule has 33 heavy (non-hydrogen) atoms. The molecular weight excluding hydrogens is 459 g/mol. The van der Waals surface area contributed by atoms with E-state index in [1.807, 2.05) is 27.7 Å². The molecule has 0 saturated carbocycles. The second kappa shape index (κ2) is 9.59. The molecular formula is C23H29ClF3N3O3. The number of phenols is 1. The Bertz CT molecular complexity index is 1060. The van der Waals surface area contributed by atoms with Crippen LogP contribution in [0.1, 0.15) is 47.6 Å². The Morgan fingerprint density at radius 1 is 1.24 bits per heavy atom. The molecule has 1 unspecified atom stereocenters. The summed E-state index contributed by atoms with van der Waals surface area (Å²) in [6, 6.07) is 3.46. The Balaban J connectivity index is 0.00000385. The summed E-state index contributed by atoms with van der Waals surface area (Å²) >= 11 is 0. The van der Waals surface area contributed by atoms with E-state index in [2.05, 4.69) is 5.32 Å². The zero-order chi connectivity index (χ0) is 23.8. The quantitative estimate of drug-likeness (QED) is 0.324. The molecule has 1 aliphatic heterocycles. The summed E-state index contributed by atoms with van der Waals surface area (Å²) in [6.07, 6.45) is -2.89. The third-order valence-electron chi connectivity index (χ3n) is 6.04. The standard InChI is InChI=1S/C23H28F3N3O3.ClH/c1-12-13(2)20-16(14(3)19(12)30)7-8-22(4,32-20)9-10-31-18-6-5-15(29-21(27)28)11-17(18)23(24,25)26;/h5-6,11,30H,7-10H2,1-4H3,(H4,27,28,29);1H. The number of hydrogen-bond acceptors (Lipinski definition) is 4. The van der Waals surface area contributed by atoms with Crippen LogP contribution in [0.4, 0.5) is 18.9 Å². The highest BCUT2D eigenvalue weighted by molar-refractivity contribution is 5.89. The average Bonchev–Trinajstić information content (AvgIpc) is 2.70. The monoisotopic (exact) mass is 487 g/mol. The predicted octanol–water partition coefficient (Wildman–Crippen LogP) is 5.62. The van der Waals surface area contributed by atoms with Gasteiger partial charge in [-0.25, -0.2) is 0 Å². The van der Waals surface area contributed by atoms with Crippen molar-refractivity contribution < 1.29 is 27.8 Å². The van der Waals surface area contributed by atoms with Crippen molar-refractivity contribution in [3.05, 3.63) is 46.0 Å². The van der Waals surface area contributed by atoms with E-state index in [0.29, 0.717) is 19.3 Å². The summed E-state index contributed by atoms with van der Waals surface area (Å²) < 4.78 is 52.3. The summed E-state index contributed by atoms with van der Waals surface area (Å²) in [5.41, 5.74) is 7.10. The van der Waals surface area contributed by atoms with Crippen molar-refractivity contribution in [2.45, 2.75) is 58.7 Å². The van der Waals surface area contributed by atoms with E-state index in [1.54, 1.807) is 0 Å². The molecule has 1 atom stereocenters. The first-order valence-electron chi connectivity index (χ1n) is 10.3. The Morgan fingerprint density at radius 3 is 2.52 bits per heavy atom. The van der Waals surface area contributed by atoms with Gasteiger partial charge in [0.2, 0.25) is 0 Å². The van der Waals surface area contributed by atoms with Gasteiger partial charge in [0, 0.05) is 17.7 Å². The lowest BCUT2D eigenvalue weighted by Crippen LogP contribution is -2.38. The van der Waals surface area contributed by atoms with Crippen LogP contribution < -0.4 is 20.5 Å². The summed E-state index contributed by atoms with van der Waals surface area (Å²) in [6.45, 7) is 7.53. The number of guanidine groups is 1. The molecule has 0 bridgehead atoms. The SMILES string of the molecule is Cc1c(C)c2c(c(C)c1O)CCC(C)(CCOc1ccc(NC(=N)N)cc1C(F)(F)F)O2.Cl. The molecule has 2 aromatic rings. The number of aromatic hydroxyl groups is 1. The van der Waals surface area contributed by atoms with Crippen molar-refractivity contribution >= 4 is 24.1 Å². The first-order chi connectivity index (χ1) is 14.8. The van der Waals surface area contributed by atoms with Gasteiger partial charge in [-0.1, -0.05) is 0 Å². The molecule has 2 aromatic carbocycles. The normalized spacial score (nSPS) is 17.4. The number of alkyl halides is 3. The van der Waals surface area contributed by atoms with Gasteiger partial charge in [-0.05, 0) is 75.4 Å². The van der Waals surface area contributed by atoms with E-state index in [-0.39, 0.29) is 36.2 Å². The number of nitrogens with two attached hydrogens (primary N) is 1. The fourth-order valence-corrected chi connectivity index (χ4v) is 3.96. The molecule has 0 amide bonds. The van der Waals surface area contributed by atoms with Gasteiger partial charge in [-0.3, -0.25) is 5.41 Å². The highest BCUT2D eigenvalue weighted by atomic mass is 35.5. The maximum Gasteiger partial charge on any atom is 0.420 e. The molecule has 0 spiro atoms. The van der Waals surface area contributed by atoms with E-state index in [9.17, 15) is 18.3 Å². The van der Waals surface area contributed by atoms with Gasteiger partial charge in [0.1, 0.15) is 22.8 Å². The van der Waals surface area contributed by atoms with Gasteiger partial charge in [0.15, 0.2) is 5.96 Å². The van der Waals surface area contributed by atoms with Crippen LogP contribution in [-0.2, 0) is 12.6 Å². The van der Waals surface area contributed by atoms with Crippen LogP contribution in [0.3, 0.4) is 0 Å². The van der Waals surface area contributed by atoms with Crippen molar-refractivity contribution in [1.29, 1.82) is 5.41 Å². The van der Waals surface area contributed by atoms with Gasteiger partial charge in [-0.2, -0.15) is 13.2 Å². The van der Waals surface area contributed by atoms with Crippen molar-refractivity contribution in [2.75, 3.05) is 11.9 Å². The Kier molecular flexibility index (Phi) is 7.68. The van der Waals surface area contributed by atoms with E-state index >= 15 is 0 Å². The number of halogens is 4. The highest BCUT2D eigenvalue weighted by Crippen LogP contribution is 2.44. The maximum absolute atomic E-state index is 13.5. The Labute approximate surface area is 197 Å². The zero-order valence-corrected chi connectivity index (χ0v) is 19.8. The summed E-state index contributed by atoms with van der Waals surface area (Å²) in [7, 11) is 0. The minimum atomic E-state index is -4.62. The molecule has 1 heterocycles. The van der Waals surface area contributed by atoms with E-state index in [4.69, 9.17) is 20.6 Å². The minimum Gasteiger partial charge on any atom is -0.507 e. The summed E-state index contributed by atoms with van der Waals surface area (Å²) in [5.74, 6) is 0.268. The maximum atomic E-state index is 13.5. The molecule has 6 nitrogen and oxygen atoms in total. The molecule has 5 N–H and O–H groups in total. The second-order valence-corrected chi connectivity index (χ2v) is 8.43. The van der Waals surface area contributed by atoms with Crippen LogP contribution in [0.2, 0.25) is 0 Å². The third-order valence-corrected chi connectivity index (χ3v) is 6.04. The number of hydrogen-bond donors (Lipinski definition) is 4. The Hall–Kier alpha value is -2.81. The summed E-state index contributed by atoms with van der Waals surface area (Å²) in [4.78, 5) is 0. The van der Waals surface area contributed by atoms with Gasteiger partial charge >= 0.3 is 6.18 Å². The van der Waals surface area contributed by atoms with Gasteiger partial charge in [-0.15, -0.1) is 12.4 Å². The van der Waals surface area contributed by atoms with Crippen LogP contribution in [0.5, 0.6) is 17.2 Å². The van der Waals surface area contributed by atoms with E-state index in [0.717, 1.165) is 34.1 Å². The second-order valence-electron chi connectivity index (χ2n) is 8.43. The van der Waals surface area contributed by atoms with Crippen molar-refractivity contribution in [3.63, 3.8) is 0 Å². The van der Waals surface area contributed by atoms with Gasteiger partial charge in [0.25, 0.3) is 0 Å². The molecule has 0 aromatic heterocycles. The lowest BCUT2D eigenvalue weighted by Gasteiger charge is -2.38. The number of benzene rings is 2. The highest BCUT2D eigenvalue weighted by Gasteiger charge is 2.37. The number of fused-ring (bicyclic) bond motifs is 1. The fourth-order valence-electron chi connectivity index (χ4n) is 3.96.